The highest BCUT2D eigenvalue weighted by molar-refractivity contribution is 5.27. The standard InChI is InChI=1S/C14H16N2/c1-15-10-13-6-4-12(5-7-13)9-14-3-2-8-16-11-14/h2-8,11,15H,9-10H2,1H3. The molecule has 1 aromatic heterocycles. The molecule has 0 spiro atoms. The van der Waals surface area contributed by atoms with Gasteiger partial charge in [0.2, 0.25) is 0 Å². The predicted octanol–water partition coefficient (Wildman–Crippen LogP) is 2.39. The Bertz CT molecular complexity index is 420. The molecule has 0 unspecified atom stereocenters. The first-order valence-electron chi connectivity index (χ1n) is 5.50. The first-order chi connectivity index (χ1) is 7.88. The van der Waals surface area contributed by atoms with Crippen LogP contribution in [-0.4, -0.2) is 12.0 Å². The van der Waals surface area contributed by atoms with Crippen LogP contribution in [0.4, 0.5) is 0 Å². The SMILES string of the molecule is CNCc1ccc(Cc2cccnc2)cc1. The first-order valence-corrected chi connectivity index (χ1v) is 5.50. The summed E-state index contributed by atoms with van der Waals surface area (Å²) in [6.07, 6.45) is 4.68. The van der Waals surface area contributed by atoms with Crippen LogP contribution in [0.3, 0.4) is 0 Å². The van der Waals surface area contributed by atoms with E-state index in [9.17, 15) is 0 Å². The Kier molecular flexibility index (Phi) is 3.67. The third-order valence-electron chi connectivity index (χ3n) is 2.53. The molecule has 2 rings (SSSR count). The number of hydrogen-bond acceptors (Lipinski definition) is 2. The summed E-state index contributed by atoms with van der Waals surface area (Å²) in [5.74, 6) is 0. The summed E-state index contributed by atoms with van der Waals surface area (Å²) in [7, 11) is 1.96. The Morgan fingerprint density at radius 2 is 1.75 bits per heavy atom. The average Bonchev–Trinajstić information content (AvgIpc) is 2.33. The Morgan fingerprint density at radius 1 is 1.00 bits per heavy atom. The Hall–Kier alpha value is -1.67. The van der Waals surface area contributed by atoms with Gasteiger partial charge in [-0.25, -0.2) is 0 Å². The van der Waals surface area contributed by atoms with E-state index in [2.05, 4.69) is 40.6 Å². The third kappa shape index (κ3) is 2.91. The van der Waals surface area contributed by atoms with Crippen molar-refractivity contribution in [3.63, 3.8) is 0 Å². The van der Waals surface area contributed by atoms with Gasteiger partial charge in [0.25, 0.3) is 0 Å². The molecule has 2 aromatic rings. The molecule has 1 N–H and O–H groups in total. The monoisotopic (exact) mass is 212 g/mol. The van der Waals surface area contributed by atoms with Crippen molar-refractivity contribution in [1.82, 2.24) is 10.3 Å². The third-order valence-corrected chi connectivity index (χ3v) is 2.53. The molecule has 0 fully saturated rings. The molecule has 0 aliphatic carbocycles. The molecule has 0 saturated carbocycles. The van der Waals surface area contributed by atoms with E-state index in [4.69, 9.17) is 0 Å². The second kappa shape index (κ2) is 5.42. The lowest BCUT2D eigenvalue weighted by atomic mass is 10.0. The minimum Gasteiger partial charge on any atom is -0.316 e. The number of hydrogen-bond donors (Lipinski definition) is 1. The predicted molar refractivity (Wildman–Crippen MR) is 66.2 cm³/mol. The van der Waals surface area contributed by atoms with Crippen LogP contribution < -0.4 is 5.32 Å². The van der Waals surface area contributed by atoms with Gasteiger partial charge in [-0.1, -0.05) is 30.3 Å². The molecule has 0 aliphatic rings. The van der Waals surface area contributed by atoms with Crippen LogP contribution in [0.25, 0.3) is 0 Å². The van der Waals surface area contributed by atoms with Crippen molar-refractivity contribution in [2.45, 2.75) is 13.0 Å². The van der Waals surface area contributed by atoms with E-state index in [0.29, 0.717) is 0 Å². The van der Waals surface area contributed by atoms with Gasteiger partial charge in [-0.05, 0) is 36.2 Å². The van der Waals surface area contributed by atoms with Crippen molar-refractivity contribution in [3.05, 3.63) is 65.5 Å². The van der Waals surface area contributed by atoms with Gasteiger partial charge in [0.15, 0.2) is 0 Å². The highest BCUT2D eigenvalue weighted by Crippen LogP contribution is 2.09. The van der Waals surface area contributed by atoms with Crippen LogP contribution in [0.1, 0.15) is 16.7 Å². The quantitative estimate of drug-likeness (QED) is 0.841. The van der Waals surface area contributed by atoms with Crippen molar-refractivity contribution in [3.8, 4) is 0 Å². The van der Waals surface area contributed by atoms with E-state index in [1.807, 2.05) is 19.3 Å². The lowest BCUT2D eigenvalue weighted by molar-refractivity contribution is 0.817. The molecular formula is C14H16N2. The van der Waals surface area contributed by atoms with E-state index < -0.39 is 0 Å². The van der Waals surface area contributed by atoms with Crippen molar-refractivity contribution in [2.75, 3.05) is 7.05 Å². The summed E-state index contributed by atoms with van der Waals surface area (Å²) < 4.78 is 0. The summed E-state index contributed by atoms with van der Waals surface area (Å²) >= 11 is 0. The van der Waals surface area contributed by atoms with Gasteiger partial charge in [-0.2, -0.15) is 0 Å². The molecule has 0 amide bonds. The summed E-state index contributed by atoms with van der Waals surface area (Å²) in [5.41, 5.74) is 3.90. The van der Waals surface area contributed by atoms with Gasteiger partial charge in [-0.3, -0.25) is 4.98 Å². The Balaban J connectivity index is 2.05. The molecule has 16 heavy (non-hydrogen) atoms. The number of nitrogens with zero attached hydrogens (tertiary/aromatic N) is 1. The molecule has 1 aromatic carbocycles. The van der Waals surface area contributed by atoms with Crippen molar-refractivity contribution < 1.29 is 0 Å². The van der Waals surface area contributed by atoms with Crippen LogP contribution in [0.15, 0.2) is 48.8 Å². The van der Waals surface area contributed by atoms with E-state index in [1.54, 1.807) is 6.20 Å². The minimum absolute atomic E-state index is 0.924. The molecule has 0 atom stereocenters. The number of aromatic nitrogens is 1. The number of benzene rings is 1. The van der Waals surface area contributed by atoms with E-state index in [1.165, 1.54) is 16.7 Å². The molecule has 0 saturated heterocycles. The van der Waals surface area contributed by atoms with Gasteiger partial charge >= 0.3 is 0 Å². The van der Waals surface area contributed by atoms with Gasteiger partial charge in [0.05, 0.1) is 0 Å². The van der Waals surface area contributed by atoms with Crippen LogP contribution in [0.5, 0.6) is 0 Å². The van der Waals surface area contributed by atoms with Crippen LogP contribution in [0, 0.1) is 0 Å². The second-order valence-electron chi connectivity index (χ2n) is 3.88. The fourth-order valence-corrected chi connectivity index (χ4v) is 1.72. The van der Waals surface area contributed by atoms with Crippen molar-refractivity contribution in [2.24, 2.45) is 0 Å². The fraction of sp³-hybridized carbons (Fsp3) is 0.214. The van der Waals surface area contributed by atoms with Crippen LogP contribution >= 0.6 is 0 Å². The summed E-state index contributed by atoms with van der Waals surface area (Å²) in [6, 6.07) is 12.8. The highest BCUT2D eigenvalue weighted by atomic mass is 14.8. The fourth-order valence-electron chi connectivity index (χ4n) is 1.72. The number of pyridine rings is 1. The Labute approximate surface area is 96.4 Å². The van der Waals surface area contributed by atoms with E-state index in [0.717, 1.165) is 13.0 Å². The topological polar surface area (TPSA) is 24.9 Å². The van der Waals surface area contributed by atoms with Gasteiger partial charge in [-0.15, -0.1) is 0 Å². The van der Waals surface area contributed by atoms with Crippen LogP contribution in [-0.2, 0) is 13.0 Å². The largest absolute Gasteiger partial charge is 0.316 e. The lowest BCUT2D eigenvalue weighted by Gasteiger charge is -2.03. The van der Waals surface area contributed by atoms with Gasteiger partial charge < -0.3 is 5.32 Å². The molecule has 0 bridgehead atoms. The van der Waals surface area contributed by atoms with Crippen LogP contribution in [0.2, 0.25) is 0 Å². The maximum absolute atomic E-state index is 4.12. The summed E-state index contributed by atoms with van der Waals surface area (Å²) in [6.45, 7) is 0.924. The maximum Gasteiger partial charge on any atom is 0.0303 e. The molecular weight excluding hydrogens is 196 g/mol. The zero-order chi connectivity index (χ0) is 11.2. The van der Waals surface area contributed by atoms with Gasteiger partial charge in [0, 0.05) is 18.9 Å². The molecule has 2 nitrogen and oxygen atoms in total. The molecule has 0 aliphatic heterocycles. The molecule has 1 heterocycles. The number of rotatable bonds is 4. The second-order valence-corrected chi connectivity index (χ2v) is 3.88. The van der Waals surface area contributed by atoms with E-state index in [-0.39, 0.29) is 0 Å². The molecule has 82 valence electrons. The molecule has 2 heteroatoms. The summed E-state index contributed by atoms with van der Waals surface area (Å²) in [4.78, 5) is 4.12. The normalized spacial score (nSPS) is 10.3. The van der Waals surface area contributed by atoms with E-state index >= 15 is 0 Å². The maximum atomic E-state index is 4.12. The Morgan fingerprint density at radius 3 is 2.38 bits per heavy atom. The first kappa shape index (κ1) is 10.8. The van der Waals surface area contributed by atoms with Crippen molar-refractivity contribution in [1.29, 1.82) is 0 Å². The minimum atomic E-state index is 0.924. The van der Waals surface area contributed by atoms with Crippen molar-refractivity contribution >= 4 is 0 Å². The zero-order valence-corrected chi connectivity index (χ0v) is 9.48. The number of nitrogens with one attached hydrogen (secondary N) is 1. The average molecular weight is 212 g/mol. The zero-order valence-electron chi connectivity index (χ0n) is 9.48. The highest BCUT2D eigenvalue weighted by Gasteiger charge is 1.96. The lowest BCUT2D eigenvalue weighted by Crippen LogP contribution is -2.04. The van der Waals surface area contributed by atoms with Gasteiger partial charge in [0.1, 0.15) is 0 Å². The summed E-state index contributed by atoms with van der Waals surface area (Å²) in [5, 5.41) is 3.14. The smallest absolute Gasteiger partial charge is 0.0303 e. The molecule has 0 radical (unpaired) electrons.